The average molecular weight is 403 g/mol. The van der Waals surface area contributed by atoms with Crippen molar-refractivity contribution in [2.75, 3.05) is 5.75 Å². The number of hydrogen-bond donors (Lipinski definition) is 0. The van der Waals surface area contributed by atoms with Crippen LogP contribution in [0, 0.1) is 11.3 Å². The Kier molecular flexibility index (Phi) is 4.50. The number of thioether (sulfide) groups is 1. The number of rotatable bonds is 3. The van der Waals surface area contributed by atoms with Crippen LogP contribution in [-0.2, 0) is 19.9 Å². The van der Waals surface area contributed by atoms with Gasteiger partial charge in [0.1, 0.15) is 4.83 Å². The fourth-order valence-corrected chi connectivity index (χ4v) is 6.14. The van der Waals surface area contributed by atoms with Gasteiger partial charge in [-0.25, -0.2) is 4.40 Å². The van der Waals surface area contributed by atoms with Crippen LogP contribution in [0.3, 0.4) is 0 Å². The molecule has 4 rings (SSSR count). The number of thiophene rings is 1. The van der Waals surface area contributed by atoms with Gasteiger partial charge in [-0.05, 0) is 43.1 Å². The molecule has 0 bridgehead atoms. The van der Waals surface area contributed by atoms with Crippen molar-refractivity contribution in [3.8, 4) is 0 Å². The molecule has 144 valence electrons. The van der Waals surface area contributed by atoms with Gasteiger partial charge in [0.05, 0.1) is 5.39 Å². The van der Waals surface area contributed by atoms with Crippen molar-refractivity contribution in [3.05, 3.63) is 32.9 Å². The lowest BCUT2D eigenvalue weighted by Crippen LogP contribution is -2.27. The second-order valence-electron chi connectivity index (χ2n) is 8.72. The van der Waals surface area contributed by atoms with E-state index in [4.69, 9.17) is 0 Å². The molecule has 3 aromatic rings. The maximum absolute atomic E-state index is 13.1. The summed E-state index contributed by atoms with van der Waals surface area (Å²) in [6.45, 7) is 13.0. The third-order valence-corrected chi connectivity index (χ3v) is 7.96. The van der Waals surface area contributed by atoms with Crippen molar-refractivity contribution >= 4 is 39.1 Å². The first-order valence-electron chi connectivity index (χ1n) is 9.34. The van der Waals surface area contributed by atoms with Crippen LogP contribution >= 0.6 is 23.1 Å². The van der Waals surface area contributed by atoms with Gasteiger partial charge in [0, 0.05) is 17.7 Å². The second-order valence-corrected chi connectivity index (χ2v) is 10.7. The number of fused-ring (bicyclic) bond motifs is 5. The first-order valence-corrected chi connectivity index (χ1v) is 11.1. The highest BCUT2D eigenvalue weighted by Crippen LogP contribution is 2.43. The fraction of sp³-hybridized carbons (Fsp3) is 0.550. The van der Waals surface area contributed by atoms with Gasteiger partial charge in [0.25, 0.3) is 5.56 Å². The van der Waals surface area contributed by atoms with E-state index in [2.05, 4.69) is 41.9 Å². The van der Waals surface area contributed by atoms with E-state index in [-0.39, 0.29) is 11.0 Å². The summed E-state index contributed by atoms with van der Waals surface area (Å²) in [6.07, 6.45) is 3.18. The molecule has 0 saturated heterocycles. The van der Waals surface area contributed by atoms with Gasteiger partial charge in [0.15, 0.2) is 5.16 Å². The smallest absolute Gasteiger partial charge is 0.263 e. The minimum Gasteiger partial charge on any atom is -0.279 e. The van der Waals surface area contributed by atoms with E-state index in [0.717, 1.165) is 46.0 Å². The Balaban J connectivity index is 1.94. The summed E-state index contributed by atoms with van der Waals surface area (Å²) in [5, 5.41) is 10.4. The number of aromatic nitrogens is 4. The minimum absolute atomic E-state index is 0.0491. The molecular formula is C20H26N4OS2. The van der Waals surface area contributed by atoms with Crippen LogP contribution in [0.4, 0.5) is 0 Å². The Bertz CT molecular complexity index is 1110. The summed E-state index contributed by atoms with van der Waals surface area (Å²) < 4.78 is 3.71. The normalized spacial score (nSPS) is 17.6. The van der Waals surface area contributed by atoms with E-state index < -0.39 is 0 Å². The monoisotopic (exact) mass is 402 g/mol. The van der Waals surface area contributed by atoms with Gasteiger partial charge in [0.2, 0.25) is 5.78 Å². The van der Waals surface area contributed by atoms with Crippen molar-refractivity contribution in [3.63, 3.8) is 0 Å². The number of aryl methyl sites for hydroxylation is 2. The lowest BCUT2D eigenvalue weighted by molar-refractivity contribution is 0.218. The quantitative estimate of drug-likeness (QED) is 0.479. The molecule has 0 unspecified atom stereocenters. The van der Waals surface area contributed by atoms with Gasteiger partial charge in [-0.15, -0.1) is 21.5 Å². The molecule has 1 aliphatic carbocycles. The van der Waals surface area contributed by atoms with Crippen molar-refractivity contribution in [1.29, 1.82) is 0 Å². The molecular weight excluding hydrogens is 376 g/mol. The molecule has 27 heavy (non-hydrogen) atoms. The Morgan fingerprint density at radius 3 is 2.78 bits per heavy atom. The van der Waals surface area contributed by atoms with Crippen molar-refractivity contribution < 1.29 is 0 Å². The first kappa shape index (κ1) is 18.7. The highest BCUT2D eigenvalue weighted by atomic mass is 32.2. The summed E-state index contributed by atoms with van der Waals surface area (Å²) in [4.78, 5) is 15.5. The number of nitrogens with zero attached hydrogens (tertiary/aromatic N) is 4. The molecule has 0 aliphatic heterocycles. The van der Waals surface area contributed by atoms with Crippen LogP contribution in [0.1, 0.15) is 44.6 Å². The summed E-state index contributed by atoms with van der Waals surface area (Å²) in [6, 6.07) is 0. The number of hydrogen-bond acceptors (Lipinski definition) is 5. The Morgan fingerprint density at radius 2 is 2.11 bits per heavy atom. The van der Waals surface area contributed by atoms with Gasteiger partial charge >= 0.3 is 0 Å². The third kappa shape index (κ3) is 3.05. The molecule has 3 aromatic heterocycles. The molecule has 0 aromatic carbocycles. The zero-order chi connectivity index (χ0) is 19.5. The van der Waals surface area contributed by atoms with E-state index >= 15 is 0 Å². The molecule has 1 atom stereocenters. The molecule has 0 spiro atoms. The zero-order valence-corrected chi connectivity index (χ0v) is 18.3. The molecule has 5 nitrogen and oxygen atoms in total. The SMILES string of the molecule is C=C(C)CSc1nnc2n(C)c(=O)c3c4c(sc3n12)C[C@H](C(C)(C)C)CC4. The summed E-state index contributed by atoms with van der Waals surface area (Å²) in [5.41, 5.74) is 2.68. The van der Waals surface area contributed by atoms with E-state index in [1.807, 2.05) is 6.92 Å². The van der Waals surface area contributed by atoms with Crippen molar-refractivity contribution in [1.82, 2.24) is 19.2 Å². The van der Waals surface area contributed by atoms with E-state index in [1.165, 1.54) is 10.4 Å². The van der Waals surface area contributed by atoms with Crippen molar-refractivity contribution in [2.45, 2.75) is 52.1 Å². The summed E-state index contributed by atoms with van der Waals surface area (Å²) >= 11 is 3.38. The van der Waals surface area contributed by atoms with Crippen LogP contribution in [0.25, 0.3) is 16.0 Å². The third-order valence-electron chi connectivity index (χ3n) is 5.56. The highest BCUT2D eigenvalue weighted by Gasteiger charge is 2.32. The molecule has 3 heterocycles. The lowest BCUT2D eigenvalue weighted by Gasteiger charge is -2.33. The predicted octanol–water partition coefficient (Wildman–Crippen LogP) is 4.46. The Hall–Kier alpha value is -1.60. The van der Waals surface area contributed by atoms with Gasteiger partial charge in [-0.1, -0.05) is 44.7 Å². The molecule has 0 fully saturated rings. The van der Waals surface area contributed by atoms with E-state index in [0.29, 0.717) is 11.7 Å². The topological polar surface area (TPSA) is 52.2 Å². The summed E-state index contributed by atoms with van der Waals surface area (Å²) in [5.74, 6) is 2.06. The molecule has 0 N–H and O–H groups in total. The predicted molar refractivity (Wildman–Crippen MR) is 114 cm³/mol. The van der Waals surface area contributed by atoms with Crippen molar-refractivity contribution in [2.24, 2.45) is 18.4 Å². The van der Waals surface area contributed by atoms with Crippen LogP contribution < -0.4 is 5.56 Å². The maximum Gasteiger partial charge on any atom is 0.263 e. The lowest BCUT2D eigenvalue weighted by atomic mass is 9.72. The van der Waals surface area contributed by atoms with Crippen LogP contribution in [0.5, 0.6) is 0 Å². The average Bonchev–Trinajstić information content (AvgIpc) is 3.17. The minimum atomic E-state index is 0.0491. The van der Waals surface area contributed by atoms with Crippen LogP contribution in [0.15, 0.2) is 22.1 Å². The first-order chi connectivity index (χ1) is 12.7. The standard InChI is InChI=1S/C20H26N4OS2/c1-11(2)10-26-19-22-21-18-23(6)16(25)15-13-8-7-12(20(3,4)5)9-14(13)27-17(15)24(18)19/h12H,1,7-10H2,2-6H3/t12-/m1/s1. The second kappa shape index (κ2) is 6.48. The van der Waals surface area contributed by atoms with E-state index in [9.17, 15) is 4.79 Å². The summed E-state index contributed by atoms with van der Waals surface area (Å²) in [7, 11) is 1.80. The maximum atomic E-state index is 13.1. The van der Waals surface area contributed by atoms with Crippen LogP contribution in [0.2, 0.25) is 0 Å². The van der Waals surface area contributed by atoms with Gasteiger partial charge in [-0.2, -0.15) is 0 Å². The van der Waals surface area contributed by atoms with E-state index in [1.54, 1.807) is 34.7 Å². The Labute approximate surface area is 167 Å². The van der Waals surface area contributed by atoms with Crippen LogP contribution in [-0.4, -0.2) is 24.9 Å². The zero-order valence-electron chi connectivity index (χ0n) is 16.6. The fourth-order valence-electron chi connectivity index (χ4n) is 3.89. The Morgan fingerprint density at radius 1 is 1.37 bits per heavy atom. The molecule has 0 radical (unpaired) electrons. The molecule has 7 heteroatoms. The molecule has 1 aliphatic rings. The molecule has 0 saturated carbocycles. The molecule has 0 amide bonds. The van der Waals surface area contributed by atoms with Gasteiger partial charge in [-0.3, -0.25) is 9.36 Å². The van der Waals surface area contributed by atoms with Gasteiger partial charge < -0.3 is 0 Å². The highest BCUT2D eigenvalue weighted by molar-refractivity contribution is 7.99. The largest absolute Gasteiger partial charge is 0.279 e.